The van der Waals surface area contributed by atoms with Crippen molar-refractivity contribution < 1.29 is 19.3 Å². The predicted octanol–water partition coefficient (Wildman–Crippen LogP) is 1.25. The number of carbonyl (C=O) groups excluding carboxylic acids is 2. The zero-order valence-electron chi connectivity index (χ0n) is 9.23. The summed E-state index contributed by atoms with van der Waals surface area (Å²) >= 11 is 0. The molecule has 0 unspecified atom stereocenters. The van der Waals surface area contributed by atoms with Crippen LogP contribution in [0.5, 0.6) is 0 Å². The molecule has 0 spiro atoms. The largest absolute Gasteiger partial charge is 0.331 e. The molecule has 0 aromatic carbocycles. The monoisotopic (exact) mass is 214 g/mol. The summed E-state index contributed by atoms with van der Waals surface area (Å²) in [5.74, 6) is -0.965. The maximum atomic E-state index is 10.4. The van der Waals surface area contributed by atoms with E-state index in [9.17, 15) is 9.59 Å². The Labute approximate surface area is 87.9 Å². The molecule has 0 amide bonds. The topological polar surface area (TPSA) is 77.3 Å². The molecule has 6 nitrogen and oxygen atoms in total. The van der Waals surface area contributed by atoms with E-state index in [1.165, 1.54) is 13.8 Å². The van der Waals surface area contributed by atoms with Gasteiger partial charge >= 0.3 is 11.9 Å². The Balaban J connectivity index is 4.10. The first kappa shape index (κ1) is 13.3. The number of hydrogen-bond acceptors (Lipinski definition) is 6. The van der Waals surface area contributed by atoms with Crippen LogP contribution in [0.4, 0.5) is 0 Å². The highest BCUT2D eigenvalue weighted by molar-refractivity contribution is 6.02. The molecule has 0 saturated heterocycles. The van der Waals surface area contributed by atoms with Crippen LogP contribution in [0, 0.1) is 0 Å². The van der Waals surface area contributed by atoms with Crippen molar-refractivity contribution in [3.05, 3.63) is 0 Å². The Morgan fingerprint density at radius 3 is 1.47 bits per heavy atom. The summed E-state index contributed by atoms with van der Waals surface area (Å²) in [4.78, 5) is 29.7. The molecular formula is C9H14N2O4. The number of carbonyl (C=O) groups is 2. The van der Waals surface area contributed by atoms with E-state index in [4.69, 9.17) is 0 Å². The average molecular weight is 214 g/mol. The summed E-state index contributed by atoms with van der Waals surface area (Å²) in [5.41, 5.74) is 1.14. The van der Waals surface area contributed by atoms with Crippen molar-refractivity contribution in [1.29, 1.82) is 0 Å². The molecule has 84 valence electrons. The second kappa shape index (κ2) is 6.69. The SMILES string of the molecule is CC(=O)O/N=C(\C)C/C(C)=N/OC(C)=O. The molecule has 15 heavy (non-hydrogen) atoms. The minimum Gasteiger partial charge on any atom is -0.319 e. The van der Waals surface area contributed by atoms with E-state index in [0.29, 0.717) is 17.8 Å². The summed E-state index contributed by atoms with van der Waals surface area (Å²) in [6.07, 6.45) is 0.376. The Kier molecular flexibility index (Phi) is 5.92. The van der Waals surface area contributed by atoms with E-state index >= 15 is 0 Å². The molecule has 0 aliphatic rings. The first-order valence-electron chi connectivity index (χ1n) is 4.34. The minimum absolute atomic E-state index is 0.376. The van der Waals surface area contributed by atoms with Gasteiger partial charge in [0, 0.05) is 20.3 Å². The summed E-state index contributed by atoms with van der Waals surface area (Å²) < 4.78 is 0. The van der Waals surface area contributed by atoms with Gasteiger partial charge in [-0.2, -0.15) is 0 Å². The van der Waals surface area contributed by atoms with Gasteiger partial charge < -0.3 is 9.68 Å². The normalized spacial score (nSPS) is 12.3. The molecule has 0 heterocycles. The summed E-state index contributed by atoms with van der Waals surface area (Å²) in [6.45, 7) is 5.87. The fourth-order valence-corrected chi connectivity index (χ4v) is 0.719. The van der Waals surface area contributed by atoms with Crippen LogP contribution in [0.15, 0.2) is 10.3 Å². The highest BCUT2D eigenvalue weighted by atomic mass is 16.7. The molecule has 0 fully saturated rings. The molecule has 0 atom stereocenters. The van der Waals surface area contributed by atoms with Crippen molar-refractivity contribution in [1.82, 2.24) is 0 Å². The fourth-order valence-electron chi connectivity index (χ4n) is 0.719. The van der Waals surface area contributed by atoms with Crippen LogP contribution < -0.4 is 0 Å². The van der Waals surface area contributed by atoms with Gasteiger partial charge in [-0.1, -0.05) is 10.3 Å². The summed E-state index contributed by atoms with van der Waals surface area (Å²) in [6, 6.07) is 0. The van der Waals surface area contributed by atoms with Gasteiger partial charge in [-0.3, -0.25) is 0 Å². The van der Waals surface area contributed by atoms with E-state index in [1.807, 2.05) is 0 Å². The van der Waals surface area contributed by atoms with E-state index in [0.717, 1.165) is 0 Å². The van der Waals surface area contributed by atoms with E-state index in [-0.39, 0.29) is 0 Å². The van der Waals surface area contributed by atoms with Gasteiger partial charge in [-0.15, -0.1) is 0 Å². The lowest BCUT2D eigenvalue weighted by atomic mass is 10.2. The summed E-state index contributed by atoms with van der Waals surface area (Å²) in [7, 11) is 0. The fraction of sp³-hybridized carbons (Fsp3) is 0.556. The number of nitrogens with zero attached hydrogens (tertiary/aromatic N) is 2. The van der Waals surface area contributed by atoms with Gasteiger partial charge in [0.05, 0.1) is 11.4 Å². The quantitative estimate of drug-likeness (QED) is 0.401. The Morgan fingerprint density at radius 1 is 0.867 bits per heavy atom. The molecule has 0 aliphatic carbocycles. The van der Waals surface area contributed by atoms with Crippen molar-refractivity contribution >= 4 is 23.4 Å². The molecule has 0 N–H and O–H groups in total. The lowest BCUT2D eigenvalue weighted by Crippen LogP contribution is -2.05. The van der Waals surface area contributed by atoms with Crippen LogP contribution in [0.2, 0.25) is 0 Å². The van der Waals surface area contributed by atoms with Crippen molar-refractivity contribution in [2.45, 2.75) is 34.1 Å². The Bertz CT molecular complexity index is 277. The molecule has 0 saturated carbocycles. The Morgan fingerprint density at radius 2 is 1.20 bits per heavy atom. The average Bonchev–Trinajstić information content (AvgIpc) is 2.11. The van der Waals surface area contributed by atoms with Crippen molar-refractivity contribution in [2.24, 2.45) is 10.3 Å². The van der Waals surface area contributed by atoms with Gasteiger partial charge in [0.2, 0.25) is 0 Å². The minimum atomic E-state index is -0.482. The zero-order valence-corrected chi connectivity index (χ0v) is 9.23. The molecule has 0 aliphatic heterocycles. The lowest BCUT2D eigenvalue weighted by molar-refractivity contribution is -0.141. The van der Waals surface area contributed by atoms with Gasteiger partial charge in [-0.25, -0.2) is 9.59 Å². The molecule has 0 rings (SSSR count). The molecule has 6 heteroatoms. The highest BCUT2D eigenvalue weighted by Gasteiger charge is 1.99. The van der Waals surface area contributed by atoms with Gasteiger partial charge in [0.25, 0.3) is 0 Å². The third kappa shape index (κ3) is 8.61. The molecule has 0 radical (unpaired) electrons. The van der Waals surface area contributed by atoms with Gasteiger partial charge in [0.1, 0.15) is 0 Å². The van der Waals surface area contributed by atoms with Crippen LogP contribution in [-0.4, -0.2) is 23.4 Å². The van der Waals surface area contributed by atoms with Gasteiger partial charge in [-0.05, 0) is 13.8 Å². The zero-order chi connectivity index (χ0) is 11.8. The number of hydrogen-bond donors (Lipinski definition) is 0. The van der Waals surface area contributed by atoms with Crippen LogP contribution in [0.3, 0.4) is 0 Å². The lowest BCUT2D eigenvalue weighted by Gasteiger charge is -1.98. The maximum Gasteiger partial charge on any atom is 0.331 e. The Hall–Kier alpha value is -1.72. The van der Waals surface area contributed by atoms with E-state index in [1.54, 1.807) is 13.8 Å². The standard InChI is InChI=1S/C9H14N2O4/c1-6(10-14-8(3)12)5-7(2)11-15-9(4)13/h5H2,1-4H3/b10-6+,11-7+. The van der Waals surface area contributed by atoms with Crippen molar-refractivity contribution in [2.75, 3.05) is 0 Å². The number of oxime groups is 2. The van der Waals surface area contributed by atoms with Crippen molar-refractivity contribution in [3.63, 3.8) is 0 Å². The smallest absolute Gasteiger partial charge is 0.319 e. The number of rotatable bonds is 4. The molecular weight excluding hydrogens is 200 g/mol. The molecule has 0 aromatic heterocycles. The predicted molar refractivity (Wildman–Crippen MR) is 54.4 cm³/mol. The molecule has 0 aromatic rings. The maximum absolute atomic E-state index is 10.4. The second-order valence-corrected chi connectivity index (χ2v) is 3.00. The second-order valence-electron chi connectivity index (χ2n) is 3.00. The third-order valence-corrected chi connectivity index (χ3v) is 1.17. The third-order valence-electron chi connectivity index (χ3n) is 1.17. The van der Waals surface area contributed by atoms with Gasteiger partial charge in [0.15, 0.2) is 0 Å². The first-order chi connectivity index (χ1) is 6.91. The van der Waals surface area contributed by atoms with E-state index < -0.39 is 11.9 Å². The van der Waals surface area contributed by atoms with Crippen LogP contribution >= 0.6 is 0 Å². The highest BCUT2D eigenvalue weighted by Crippen LogP contribution is 1.93. The first-order valence-corrected chi connectivity index (χ1v) is 4.34. The summed E-state index contributed by atoms with van der Waals surface area (Å²) in [5, 5.41) is 7.07. The van der Waals surface area contributed by atoms with Crippen LogP contribution in [0.1, 0.15) is 34.1 Å². The van der Waals surface area contributed by atoms with Crippen LogP contribution in [-0.2, 0) is 19.3 Å². The molecule has 0 bridgehead atoms. The van der Waals surface area contributed by atoms with E-state index in [2.05, 4.69) is 20.0 Å². The van der Waals surface area contributed by atoms with Crippen LogP contribution in [0.25, 0.3) is 0 Å². The van der Waals surface area contributed by atoms with Crippen molar-refractivity contribution in [3.8, 4) is 0 Å².